The molecule has 0 saturated carbocycles. The van der Waals surface area contributed by atoms with E-state index in [1.54, 1.807) is 13.3 Å². The maximum absolute atomic E-state index is 11.7. The highest BCUT2D eigenvalue weighted by Crippen LogP contribution is 2.15. The normalized spacial score (nSPS) is 10.7. The van der Waals surface area contributed by atoms with Gasteiger partial charge in [0.2, 0.25) is 5.91 Å². The molecule has 2 aromatic carbocycles. The molecule has 0 unspecified atom stereocenters. The molecule has 6 heteroatoms. The number of hydrogen-bond donors (Lipinski definition) is 1. The molecule has 1 N–H and O–H groups in total. The zero-order valence-electron chi connectivity index (χ0n) is 12.7. The number of carbonyl (C=O) groups is 1. The first kappa shape index (κ1) is 17.4. The molecule has 0 heterocycles. The Morgan fingerprint density at radius 3 is 2.83 bits per heavy atom. The number of hydrazone groups is 1. The van der Waals surface area contributed by atoms with Crippen molar-refractivity contribution in [1.29, 1.82) is 0 Å². The van der Waals surface area contributed by atoms with Crippen molar-refractivity contribution in [3.63, 3.8) is 0 Å². The third-order valence-corrected chi connectivity index (χ3v) is 4.17. The minimum Gasteiger partial charge on any atom is -0.497 e. The van der Waals surface area contributed by atoms with Crippen molar-refractivity contribution in [3.8, 4) is 5.75 Å². The van der Waals surface area contributed by atoms with E-state index in [2.05, 4.69) is 10.5 Å². The van der Waals surface area contributed by atoms with Gasteiger partial charge in [0.1, 0.15) is 5.75 Å². The van der Waals surface area contributed by atoms with Gasteiger partial charge in [-0.3, -0.25) is 4.79 Å². The van der Waals surface area contributed by atoms with Crippen LogP contribution >= 0.6 is 23.4 Å². The zero-order chi connectivity index (χ0) is 16.5. The monoisotopic (exact) mass is 348 g/mol. The topological polar surface area (TPSA) is 50.7 Å². The van der Waals surface area contributed by atoms with Crippen LogP contribution in [0.2, 0.25) is 5.02 Å². The smallest absolute Gasteiger partial charge is 0.250 e. The average molecular weight is 349 g/mol. The zero-order valence-corrected chi connectivity index (χ0v) is 14.2. The molecule has 0 atom stereocenters. The third-order valence-electron chi connectivity index (χ3n) is 2.91. The molecule has 2 aromatic rings. The van der Waals surface area contributed by atoms with Crippen LogP contribution in [-0.4, -0.2) is 25.0 Å². The summed E-state index contributed by atoms with van der Waals surface area (Å²) in [5, 5.41) is 4.65. The summed E-state index contributed by atoms with van der Waals surface area (Å²) in [6.45, 7) is 0. The van der Waals surface area contributed by atoms with Crippen LogP contribution in [0.4, 0.5) is 0 Å². The van der Waals surface area contributed by atoms with E-state index in [0.29, 0.717) is 10.8 Å². The Labute approximate surface area is 144 Å². The van der Waals surface area contributed by atoms with E-state index in [4.69, 9.17) is 16.3 Å². The molecule has 4 nitrogen and oxygen atoms in total. The molecule has 0 aromatic heterocycles. The molecule has 0 aliphatic heterocycles. The van der Waals surface area contributed by atoms with E-state index in [-0.39, 0.29) is 5.91 Å². The van der Waals surface area contributed by atoms with E-state index in [1.807, 2.05) is 48.5 Å². The number of nitrogens with one attached hydrogen (secondary N) is 1. The third kappa shape index (κ3) is 6.34. The van der Waals surface area contributed by atoms with E-state index in [1.165, 1.54) is 11.8 Å². The number of nitrogens with zero attached hydrogens (tertiary/aromatic N) is 1. The number of carbonyl (C=O) groups excluding carboxylic acids is 1. The van der Waals surface area contributed by atoms with Gasteiger partial charge in [0, 0.05) is 10.8 Å². The lowest BCUT2D eigenvalue weighted by atomic mass is 10.2. The SMILES string of the molecule is COc1cccc(/C=N/NC(=O)CSCc2ccc(Cl)cc2)c1. The van der Waals surface area contributed by atoms with Crippen molar-refractivity contribution in [3.05, 3.63) is 64.7 Å². The lowest BCUT2D eigenvalue weighted by Gasteiger charge is -2.02. The fraction of sp³-hybridized carbons (Fsp3) is 0.176. The minimum atomic E-state index is -0.136. The number of thioether (sulfide) groups is 1. The molecule has 0 spiro atoms. The summed E-state index contributed by atoms with van der Waals surface area (Å²) in [5.74, 6) is 1.71. The first-order chi connectivity index (χ1) is 11.2. The Kier molecular flexibility index (Phi) is 6.97. The summed E-state index contributed by atoms with van der Waals surface area (Å²) in [4.78, 5) is 11.7. The minimum absolute atomic E-state index is 0.136. The van der Waals surface area contributed by atoms with Crippen molar-refractivity contribution in [2.24, 2.45) is 5.10 Å². The second-order valence-corrected chi connectivity index (χ2v) is 6.11. The molecular formula is C17H17ClN2O2S. The highest BCUT2D eigenvalue weighted by molar-refractivity contribution is 7.99. The van der Waals surface area contributed by atoms with Gasteiger partial charge in [-0.25, -0.2) is 5.43 Å². The predicted molar refractivity (Wildman–Crippen MR) is 96.3 cm³/mol. The molecule has 0 aliphatic carbocycles. The van der Waals surface area contributed by atoms with Gasteiger partial charge < -0.3 is 4.74 Å². The Hall–Kier alpha value is -1.98. The fourth-order valence-electron chi connectivity index (χ4n) is 1.78. The molecule has 1 amide bonds. The Morgan fingerprint density at radius 1 is 1.30 bits per heavy atom. The molecule has 0 aliphatic rings. The molecule has 0 radical (unpaired) electrons. The molecule has 2 rings (SSSR count). The molecule has 0 bridgehead atoms. The Morgan fingerprint density at radius 2 is 2.09 bits per heavy atom. The van der Waals surface area contributed by atoms with Crippen molar-refractivity contribution < 1.29 is 9.53 Å². The fourth-order valence-corrected chi connectivity index (χ4v) is 2.68. The maximum Gasteiger partial charge on any atom is 0.250 e. The highest BCUT2D eigenvalue weighted by Gasteiger charge is 2.01. The lowest BCUT2D eigenvalue weighted by Crippen LogP contribution is -2.19. The highest BCUT2D eigenvalue weighted by atomic mass is 35.5. The standard InChI is InChI=1S/C17H17ClN2O2S/c1-22-16-4-2-3-14(9-16)10-19-20-17(21)12-23-11-13-5-7-15(18)8-6-13/h2-10H,11-12H2,1H3,(H,20,21)/b19-10+. The van der Waals surface area contributed by atoms with Crippen LogP contribution in [0.25, 0.3) is 0 Å². The Bertz CT molecular complexity index is 675. The second-order valence-electron chi connectivity index (χ2n) is 4.69. The summed E-state index contributed by atoms with van der Waals surface area (Å²) >= 11 is 7.35. The molecule has 0 saturated heterocycles. The summed E-state index contributed by atoms with van der Waals surface area (Å²) in [6.07, 6.45) is 1.59. The van der Waals surface area contributed by atoms with E-state index >= 15 is 0 Å². The Balaban J connectivity index is 1.72. The summed E-state index contributed by atoms with van der Waals surface area (Å²) in [5.41, 5.74) is 4.50. The van der Waals surface area contributed by atoms with Gasteiger partial charge in [0.15, 0.2) is 0 Å². The van der Waals surface area contributed by atoms with Gasteiger partial charge in [0.05, 0.1) is 19.1 Å². The first-order valence-electron chi connectivity index (χ1n) is 6.95. The van der Waals surface area contributed by atoms with Crippen molar-refractivity contribution >= 4 is 35.5 Å². The van der Waals surface area contributed by atoms with E-state index in [0.717, 1.165) is 22.6 Å². The van der Waals surface area contributed by atoms with Crippen LogP contribution < -0.4 is 10.2 Å². The van der Waals surface area contributed by atoms with E-state index < -0.39 is 0 Å². The van der Waals surface area contributed by atoms with Gasteiger partial charge in [0.25, 0.3) is 0 Å². The number of benzene rings is 2. The van der Waals surface area contributed by atoms with Gasteiger partial charge in [-0.1, -0.05) is 35.9 Å². The van der Waals surface area contributed by atoms with Crippen molar-refractivity contribution in [2.75, 3.05) is 12.9 Å². The van der Waals surface area contributed by atoms with Crippen LogP contribution in [0.5, 0.6) is 5.75 Å². The first-order valence-corrected chi connectivity index (χ1v) is 8.49. The van der Waals surface area contributed by atoms with Gasteiger partial charge >= 0.3 is 0 Å². The number of rotatable bonds is 7. The van der Waals surface area contributed by atoms with E-state index in [9.17, 15) is 4.79 Å². The predicted octanol–water partition coefficient (Wildman–Crippen LogP) is 3.73. The molecular weight excluding hydrogens is 332 g/mol. The molecule has 23 heavy (non-hydrogen) atoms. The number of ether oxygens (including phenoxy) is 1. The van der Waals surface area contributed by atoms with Crippen molar-refractivity contribution in [1.82, 2.24) is 5.43 Å². The molecule has 0 fully saturated rings. The largest absolute Gasteiger partial charge is 0.497 e. The van der Waals surface area contributed by atoms with Crippen LogP contribution in [0.1, 0.15) is 11.1 Å². The van der Waals surface area contributed by atoms with Gasteiger partial charge in [-0.15, -0.1) is 11.8 Å². The van der Waals surface area contributed by atoms with Crippen LogP contribution in [-0.2, 0) is 10.5 Å². The van der Waals surface area contributed by atoms with Gasteiger partial charge in [-0.2, -0.15) is 5.10 Å². The second kappa shape index (κ2) is 9.22. The quantitative estimate of drug-likeness (QED) is 0.612. The van der Waals surface area contributed by atoms with Crippen LogP contribution in [0.15, 0.2) is 53.6 Å². The maximum atomic E-state index is 11.7. The average Bonchev–Trinajstić information content (AvgIpc) is 2.57. The van der Waals surface area contributed by atoms with Gasteiger partial charge in [-0.05, 0) is 35.4 Å². The number of halogens is 1. The number of amides is 1. The van der Waals surface area contributed by atoms with Crippen LogP contribution in [0.3, 0.4) is 0 Å². The number of methoxy groups -OCH3 is 1. The summed E-state index contributed by atoms with van der Waals surface area (Å²) < 4.78 is 5.12. The van der Waals surface area contributed by atoms with Crippen molar-refractivity contribution in [2.45, 2.75) is 5.75 Å². The summed E-state index contributed by atoms with van der Waals surface area (Å²) in [6, 6.07) is 15.0. The molecule has 120 valence electrons. The summed E-state index contributed by atoms with van der Waals surface area (Å²) in [7, 11) is 1.61. The number of hydrogen-bond acceptors (Lipinski definition) is 4. The lowest BCUT2D eigenvalue weighted by molar-refractivity contribution is -0.118. The van der Waals surface area contributed by atoms with Crippen LogP contribution in [0, 0.1) is 0 Å².